The summed E-state index contributed by atoms with van der Waals surface area (Å²) >= 11 is 0. The minimum Gasteiger partial charge on any atom is -0.480 e. The van der Waals surface area contributed by atoms with Crippen LogP contribution in [0.4, 0.5) is 0 Å². The Balaban J connectivity index is 0. The average Bonchev–Trinajstić information content (AvgIpc) is 1.82. The average molecular weight is 187 g/mol. The molecule has 0 bridgehead atoms. The van der Waals surface area contributed by atoms with E-state index in [1.807, 2.05) is 0 Å². The van der Waals surface area contributed by atoms with Crippen molar-refractivity contribution in [3.63, 3.8) is 0 Å². The van der Waals surface area contributed by atoms with Gasteiger partial charge < -0.3 is 16.6 Å². The zero-order valence-corrected chi connectivity index (χ0v) is 6.77. The maximum absolute atomic E-state index is 10.0. The summed E-state index contributed by atoms with van der Waals surface area (Å²) in [4.78, 5) is 10.0. The normalized spacial score (nSPS) is 11.8. The Morgan fingerprint density at radius 2 is 2.10 bits per heavy atom. The first-order valence-corrected chi connectivity index (χ1v) is 2.87. The first kappa shape index (κ1) is 12.6. The molecule has 0 aliphatic heterocycles. The summed E-state index contributed by atoms with van der Waals surface area (Å²) in [5, 5.41) is 8.24. The molecule has 1 atom stereocenters. The summed E-state index contributed by atoms with van der Waals surface area (Å²) < 4.78 is 0. The quantitative estimate of drug-likeness (QED) is 0.499. The van der Waals surface area contributed by atoms with E-state index in [4.69, 9.17) is 16.6 Å². The summed E-state index contributed by atoms with van der Waals surface area (Å²) in [7, 11) is 0. The molecule has 10 heavy (non-hydrogen) atoms. The topological polar surface area (TPSA) is 89.3 Å². The largest absolute Gasteiger partial charge is 2.00 e. The second-order valence-corrected chi connectivity index (χ2v) is 1.88. The van der Waals surface area contributed by atoms with Gasteiger partial charge >= 0.3 is 23.0 Å². The maximum atomic E-state index is 10.0. The number of nitrogens with two attached hydrogens (primary N) is 2. The van der Waals surface area contributed by atoms with Crippen LogP contribution in [-0.2, 0) is 21.9 Å². The smallest absolute Gasteiger partial charge is 0.480 e. The third kappa shape index (κ3) is 6.04. The van der Waals surface area contributed by atoms with Crippen LogP contribution < -0.4 is 11.5 Å². The Bertz CT molecular complexity index is 99.6. The number of carbonyl (C=O) groups is 1. The Kier molecular flexibility index (Phi) is 8.83. The van der Waals surface area contributed by atoms with Crippen LogP contribution >= 0.6 is 0 Å². The fourth-order valence-corrected chi connectivity index (χ4v) is 0.461. The predicted octanol–water partition coefficient (Wildman–Crippen LogP) is -0.865. The molecule has 0 aromatic rings. The van der Waals surface area contributed by atoms with Crippen molar-refractivity contribution in [1.29, 1.82) is 0 Å². The van der Waals surface area contributed by atoms with Crippen LogP contribution in [-0.4, -0.2) is 23.7 Å². The molecule has 0 saturated heterocycles. The van der Waals surface area contributed by atoms with Gasteiger partial charge in [0.05, 0.1) is 0 Å². The molecule has 1 radical (unpaired) electrons. The van der Waals surface area contributed by atoms with Crippen molar-refractivity contribution in [2.24, 2.45) is 11.5 Å². The number of rotatable bonds is 4. The van der Waals surface area contributed by atoms with Gasteiger partial charge in [-0.15, -0.1) is 0 Å². The molecule has 0 amide bonds. The van der Waals surface area contributed by atoms with Crippen molar-refractivity contribution in [2.45, 2.75) is 18.9 Å². The molecule has 5 N–H and O–H groups in total. The van der Waals surface area contributed by atoms with Crippen molar-refractivity contribution in [2.75, 3.05) is 6.54 Å². The monoisotopic (exact) mass is 187 g/mol. The molecule has 0 aliphatic carbocycles. The summed E-state index contributed by atoms with van der Waals surface area (Å²) in [6, 6.07) is -0.742. The van der Waals surface area contributed by atoms with E-state index in [0.29, 0.717) is 19.4 Å². The molecule has 0 aliphatic rings. The van der Waals surface area contributed by atoms with Crippen molar-refractivity contribution in [3.8, 4) is 0 Å². The van der Waals surface area contributed by atoms with Crippen LogP contribution in [0.5, 0.6) is 0 Å². The Labute approximate surface area is 70.4 Å². The summed E-state index contributed by atoms with van der Waals surface area (Å²) in [5.74, 6) is -0.955. The van der Waals surface area contributed by atoms with E-state index in [2.05, 4.69) is 0 Å². The molecule has 0 saturated carbocycles. The van der Waals surface area contributed by atoms with Gasteiger partial charge in [0.1, 0.15) is 6.04 Å². The van der Waals surface area contributed by atoms with Crippen LogP contribution in [0.15, 0.2) is 0 Å². The summed E-state index contributed by atoms with van der Waals surface area (Å²) in [6.45, 7) is 0.501. The molecule has 0 heterocycles. The van der Waals surface area contributed by atoms with Gasteiger partial charge in [-0.1, -0.05) is 0 Å². The number of aliphatic carboxylic acids is 1. The van der Waals surface area contributed by atoms with Crippen LogP contribution in [0.2, 0.25) is 0 Å². The number of hydrogen-bond donors (Lipinski definition) is 3. The maximum Gasteiger partial charge on any atom is 2.00 e. The molecule has 0 aromatic heterocycles. The van der Waals surface area contributed by atoms with E-state index in [1.54, 1.807) is 0 Å². The second-order valence-electron chi connectivity index (χ2n) is 1.88. The van der Waals surface area contributed by atoms with Gasteiger partial charge in [0.2, 0.25) is 0 Å². The molecule has 59 valence electrons. The number of carboxylic acids is 1. The fourth-order valence-electron chi connectivity index (χ4n) is 0.461. The molecular formula is C5H12MnN2O2+2. The van der Waals surface area contributed by atoms with Gasteiger partial charge in [0, 0.05) is 0 Å². The van der Waals surface area contributed by atoms with Crippen molar-refractivity contribution < 1.29 is 27.0 Å². The van der Waals surface area contributed by atoms with Crippen LogP contribution in [0.25, 0.3) is 0 Å². The van der Waals surface area contributed by atoms with Crippen LogP contribution in [0.3, 0.4) is 0 Å². The number of hydrogen-bond acceptors (Lipinski definition) is 3. The minimum atomic E-state index is -0.955. The second kappa shape index (κ2) is 7.02. The summed E-state index contributed by atoms with van der Waals surface area (Å²) in [6.07, 6.45) is 1.14. The molecule has 4 nitrogen and oxygen atoms in total. The third-order valence-corrected chi connectivity index (χ3v) is 1.04. The minimum absolute atomic E-state index is 0. The van der Waals surface area contributed by atoms with Gasteiger partial charge in [-0.25, -0.2) is 0 Å². The van der Waals surface area contributed by atoms with Gasteiger partial charge in [-0.2, -0.15) is 0 Å². The van der Waals surface area contributed by atoms with Gasteiger partial charge in [-0.3, -0.25) is 4.79 Å². The van der Waals surface area contributed by atoms with Crippen LogP contribution in [0, 0.1) is 0 Å². The Morgan fingerprint density at radius 1 is 1.60 bits per heavy atom. The van der Waals surface area contributed by atoms with Gasteiger partial charge in [0.15, 0.2) is 0 Å². The Morgan fingerprint density at radius 3 is 2.40 bits per heavy atom. The van der Waals surface area contributed by atoms with Crippen molar-refractivity contribution in [3.05, 3.63) is 0 Å². The van der Waals surface area contributed by atoms with Crippen molar-refractivity contribution >= 4 is 5.97 Å². The number of carboxylic acid groups (broad SMARTS) is 1. The van der Waals surface area contributed by atoms with E-state index in [9.17, 15) is 4.79 Å². The van der Waals surface area contributed by atoms with E-state index < -0.39 is 12.0 Å². The zero-order valence-electron chi connectivity index (χ0n) is 5.59. The molecule has 0 rings (SSSR count). The Hall–Kier alpha value is -0.0905. The molecule has 5 heteroatoms. The SMILES string of the molecule is NCCCC(N)C(=O)O.[Mn+2]. The molecule has 1 unspecified atom stereocenters. The van der Waals surface area contributed by atoms with Gasteiger partial charge in [0.25, 0.3) is 0 Å². The first-order chi connectivity index (χ1) is 4.18. The third-order valence-electron chi connectivity index (χ3n) is 1.04. The van der Waals surface area contributed by atoms with E-state index in [-0.39, 0.29) is 17.1 Å². The van der Waals surface area contributed by atoms with Crippen molar-refractivity contribution in [1.82, 2.24) is 0 Å². The van der Waals surface area contributed by atoms with Crippen LogP contribution in [0.1, 0.15) is 12.8 Å². The van der Waals surface area contributed by atoms with E-state index >= 15 is 0 Å². The first-order valence-electron chi connectivity index (χ1n) is 2.87. The molecular weight excluding hydrogens is 175 g/mol. The molecule has 0 fully saturated rings. The van der Waals surface area contributed by atoms with E-state index in [0.717, 1.165) is 0 Å². The molecule has 0 aromatic carbocycles. The zero-order chi connectivity index (χ0) is 7.28. The fraction of sp³-hybridized carbons (Fsp3) is 0.800. The summed E-state index contributed by atoms with van der Waals surface area (Å²) in [5.41, 5.74) is 10.3. The molecule has 0 spiro atoms. The predicted molar refractivity (Wildman–Crippen MR) is 33.9 cm³/mol. The van der Waals surface area contributed by atoms with E-state index in [1.165, 1.54) is 0 Å². The van der Waals surface area contributed by atoms with Gasteiger partial charge in [-0.05, 0) is 19.4 Å². The standard InChI is InChI=1S/C5H12N2O2.Mn/c6-3-1-2-4(7)5(8)9;/h4H,1-3,6-7H2,(H,8,9);/q;+2.